The molecule has 1 aliphatic heterocycles. The van der Waals surface area contributed by atoms with Crippen molar-refractivity contribution in [3.8, 4) is 0 Å². The van der Waals surface area contributed by atoms with Crippen LogP contribution in [0.25, 0.3) is 0 Å². The van der Waals surface area contributed by atoms with Crippen LogP contribution in [0.4, 0.5) is 0 Å². The summed E-state index contributed by atoms with van der Waals surface area (Å²) >= 11 is 0. The summed E-state index contributed by atoms with van der Waals surface area (Å²) in [6, 6.07) is 0. The lowest BCUT2D eigenvalue weighted by molar-refractivity contribution is -0.518. The molecule has 0 fully saturated rings. The van der Waals surface area contributed by atoms with Gasteiger partial charge < -0.3 is 0 Å². The molecule has 0 aromatic carbocycles. The molecule has 0 aromatic heterocycles. The largest absolute Gasteiger partial charge is 0.345 e. The standard InChI is InChI=1S/C20H33NO6/c1-14-15(2)18(24)21(17(14)23)12-10-8-9-11-16(22)25-27-26-20(6,7)13-19(3,4)5/h8-13H2,1-7H3. The van der Waals surface area contributed by atoms with Gasteiger partial charge in [-0.25, -0.2) is 4.79 Å². The highest BCUT2D eigenvalue weighted by atomic mass is 17.5. The number of carbonyl (C=O) groups is 3. The average molecular weight is 383 g/mol. The number of rotatable bonds is 10. The van der Waals surface area contributed by atoms with Gasteiger partial charge in [0.15, 0.2) is 0 Å². The SMILES string of the molecule is CC1=C(C)C(=O)N(CCCCCC(=O)OOOC(C)(C)CC(C)(C)C)C1=O. The van der Waals surface area contributed by atoms with Crippen molar-refractivity contribution >= 4 is 17.8 Å². The summed E-state index contributed by atoms with van der Waals surface area (Å²) in [6.45, 7) is 13.7. The number of hydrogen-bond donors (Lipinski definition) is 0. The van der Waals surface area contributed by atoms with Gasteiger partial charge in [0, 0.05) is 24.1 Å². The van der Waals surface area contributed by atoms with Gasteiger partial charge in [0.05, 0.1) is 0 Å². The molecule has 1 aliphatic rings. The van der Waals surface area contributed by atoms with E-state index in [1.54, 1.807) is 13.8 Å². The molecule has 0 saturated heterocycles. The van der Waals surface area contributed by atoms with E-state index in [9.17, 15) is 14.4 Å². The van der Waals surface area contributed by atoms with Crippen molar-refractivity contribution in [3.63, 3.8) is 0 Å². The van der Waals surface area contributed by atoms with Crippen LogP contribution in [0.1, 0.15) is 80.6 Å². The van der Waals surface area contributed by atoms with Gasteiger partial charge >= 0.3 is 5.97 Å². The Kier molecular flexibility index (Phi) is 8.17. The van der Waals surface area contributed by atoms with E-state index in [1.165, 1.54) is 4.90 Å². The molecule has 1 rings (SSSR count). The molecule has 0 spiro atoms. The van der Waals surface area contributed by atoms with Crippen LogP contribution in [0.5, 0.6) is 0 Å². The Bertz CT molecular complexity index is 576. The Hall–Kier alpha value is -1.73. The topological polar surface area (TPSA) is 82.1 Å². The summed E-state index contributed by atoms with van der Waals surface area (Å²) in [5.41, 5.74) is 0.504. The van der Waals surface area contributed by atoms with Crippen LogP contribution in [0.15, 0.2) is 11.1 Å². The van der Waals surface area contributed by atoms with Gasteiger partial charge in [0.25, 0.3) is 11.8 Å². The van der Waals surface area contributed by atoms with Crippen molar-refractivity contribution in [1.82, 2.24) is 4.90 Å². The van der Waals surface area contributed by atoms with Gasteiger partial charge in [0.2, 0.25) is 0 Å². The van der Waals surface area contributed by atoms with E-state index in [4.69, 9.17) is 4.89 Å². The van der Waals surface area contributed by atoms with Gasteiger partial charge in [-0.05, 0) is 57.4 Å². The van der Waals surface area contributed by atoms with E-state index in [2.05, 4.69) is 30.7 Å². The molecule has 0 unspecified atom stereocenters. The van der Waals surface area contributed by atoms with Crippen LogP contribution >= 0.6 is 0 Å². The molecular formula is C20H33NO6. The molecule has 7 heteroatoms. The molecule has 2 amide bonds. The molecular weight excluding hydrogens is 350 g/mol. The zero-order valence-corrected chi connectivity index (χ0v) is 17.6. The van der Waals surface area contributed by atoms with E-state index in [0.29, 0.717) is 37.0 Å². The van der Waals surface area contributed by atoms with Crippen LogP contribution in [-0.4, -0.2) is 34.8 Å². The second-order valence-corrected chi connectivity index (χ2v) is 8.93. The van der Waals surface area contributed by atoms with Crippen molar-refractivity contribution in [2.75, 3.05) is 6.54 Å². The molecule has 154 valence electrons. The molecule has 0 aliphatic carbocycles. The molecule has 0 aromatic rings. The first-order chi connectivity index (χ1) is 12.3. The number of unbranched alkanes of at least 4 members (excludes halogenated alkanes) is 2. The van der Waals surface area contributed by atoms with Crippen molar-refractivity contribution < 1.29 is 29.2 Å². The Morgan fingerprint density at radius 1 is 0.926 bits per heavy atom. The van der Waals surface area contributed by atoms with Crippen molar-refractivity contribution in [2.24, 2.45) is 5.41 Å². The van der Waals surface area contributed by atoms with E-state index in [-0.39, 0.29) is 23.7 Å². The maximum atomic E-state index is 11.9. The predicted octanol–water partition coefficient (Wildman–Crippen LogP) is 3.87. The lowest BCUT2D eigenvalue weighted by Gasteiger charge is -2.29. The fourth-order valence-electron chi connectivity index (χ4n) is 3.23. The Morgan fingerprint density at radius 3 is 2.00 bits per heavy atom. The molecule has 0 bridgehead atoms. The van der Waals surface area contributed by atoms with Crippen LogP contribution < -0.4 is 0 Å². The lowest BCUT2D eigenvalue weighted by Crippen LogP contribution is -2.32. The van der Waals surface area contributed by atoms with Crippen LogP contribution in [0.2, 0.25) is 0 Å². The van der Waals surface area contributed by atoms with Gasteiger partial charge in [-0.2, -0.15) is 4.89 Å². The Labute approximate surface area is 161 Å². The summed E-state index contributed by atoms with van der Waals surface area (Å²) < 4.78 is 0. The maximum Gasteiger partial charge on any atom is 0.345 e. The summed E-state index contributed by atoms with van der Waals surface area (Å²) in [5.74, 6) is -0.955. The monoisotopic (exact) mass is 383 g/mol. The average Bonchev–Trinajstić information content (AvgIpc) is 2.69. The molecule has 1 heterocycles. The van der Waals surface area contributed by atoms with Crippen LogP contribution in [0, 0.1) is 5.41 Å². The minimum atomic E-state index is -0.572. The predicted molar refractivity (Wildman–Crippen MR) is 100.0 cm³/mol. The quantitative estimate of drug-likeness (QED) is 0.246. The molecule has 27 heavy (non-hydrogen) atoms. The second-order valence-electron chi connectivity index (χ2n) is 8.93. The number of amides is 2. The fraction of sp³-hybridized carbons (Fsp3) is 0.750. The van der Waals surface area contributed by atoms with E-state index >= 15 is 0 Å². The Morgan fingerprint density at radius 2 is 1.48 bits per heavy atom. The first kappa shape index (κ1) is 23.3. The minimum Gasteiger partial charge on any atom is -0.275 e. The first-order valence-electron chi connectivity index (χ1n) is 9.43. The van der Waals surface area contributed by atoms with E-state index in [0.717, 1.165) is 6.42 Å². The summed E-state index contributed by atoms with van der Waals surface area (Å²) in [7, 11) is 0. The minimum absolute atomic E-state index is 0.0571. The maximum absolute atomic E-state index is 11.9. The third-order valence-corrected chi connectivity index (χ3v) is 4.30. The molecule has 0 radical (unpaired) electrons. The Balaban J connectivity index is 2.16. The third kappa shape index (κ3) is 7.81. The smallest absolute Gasteiger partial charge is 0.275 e. The molecule has 7 nitrogen and oxygen atoms in total. The number of nitrogens with zero attached hydrogens (tertiary/aromatic N) is 1. The summed E-state index contributed by atoms with van der Waals surface area (Å²) in [5, 5.41) is 4.64. The lowest BCUT2D eigenvalue weighted by atomic mass is 9.84. The number of imide groups is 1. The molecule has 0 atom stereocenters. The summed E-state index contributed by atoms with van der Waals surface area (Å²) in [4.78, 5) is 46.6. The third-order valence-electron chi connectivity index (χ3n) is 4.30. The van der Waals surface area contributed by atoms with Crippen LogP contribution in [-0.2, 0) is 29.2 Å². The van der Waals surface area contributed by atoms with Crippen molar-refractivity contribution in [2.45, 2.75) is 86.2 Å². The van der Waals surface area contributed by atoms with Crippen molar-refractivity contribution in [3.05, 3.63) is 11.1 Å². The highest BCUT2D eigenvalue weighted by molar-refractivity contribution is 6.18. The van der Waals surface area contributed by atoms with Crippen LogP contribution in [0.3, 0.4) is 0 Å². The van der Waals surface area contributed by atoms with Gasteiger partial charge in [-0.15, -0.1) is 0 Å². The zero-order valence-electron chi connectivity index (χ0n) is 17.6. The number of hydrogen-bond acceptors (Lipinski definition) is 6. The summed E-state index contributed by atoms with van der Waals surface area (Å²) in [6.07, 6.45) is 2.83. The van der Waals surface area contributed by atoms with Gasteiger partial charge in [0.1, 0.15) is 5.60 Å². The first-order valence-corrected chi connectivity index (χ1v) is 9.43. The molecule has 0 N–H and O–H groups in total. The second kappa shape index (κ2) is 9.46. The normalized spacial score (nSPS) is 15.7. The van der Waals surface area contributed by atoms with Gasteiger partial charge in [-0.1, -0.05) is 27.2 Å². The zero-order chi connectivity index (χ0) is 20.8. The number of carbonyl (C=O) groups excluding carboxylic acids is 3. The molecule has 0 saturated carbocycles. The van der Waals surface area contributed by atoms with E-state index < -0.39 is 11.6 Å². The fourth-order valence-corrected chi connectivity index (χ4v) is 3.23. The van der Waals surface area contributed by atoms with Gasteiger partial charge in [-0.3, -0.25) is 19.4 Å². The highest BCUT2D eigenvalue weighted by Gasteiger charge is 2.32. The van der Waals surface area contributed by atoms with E-state index in [1.807, 2.05) is 13.8 Å². The van der Waals surface area contributed by atoms with Crippen molar-refractivity contribution in [1.29, 1.82) is 0 Å². The highest BCUT2D eigenvalue weighted by Crippen LogP contribution is 2.29.